The minimum Gasteiger partial charge on any atom is -0.411 e. The predicted octanol–water partition coefficient (Wildman–Crippen LogP) is 5.61. The van der Waals surface area contributed by atoms with E-state index in [0.29, 0.717) is 11.1 Å². The van der Waals surface area contributed by atoms with Gasteiger partial charge in [-0.05, 0) is 74.7 Å². The van der Waals surface area contributed by atoms with Crippen molar-refractivity contribution in [3.8, 4) is 11.5 Å². The van der Waals surface area contributed by atoms with Crippen molar-refractivity contribution < 1.29 is 9.21 Å². The van der Waals surface area contributed by atoms with E-state index in [0.717, 1.165) is 28.8 Å². The van der Waals surface area contributed by atoms with Crippen LogP contribution in [0.1, 0.15) is 26.2 Å². The molecule has 1 atom stereocenters. The molecular weight excluding hydrogens is 464 g/mol. The van der Waals surface area contributed by atoms with E-state index in [1.54, 1.807) is 0 Å². The maximum atomic E-state index is 12.6. The van der Waals surface area contributed by atoms with Gasteiger partial charge in [-0.3, -0.25) is 4.79 Å². The third-order valence-electron chi connectivity index (χ3n) is 5.00. The maximum Gasteiger partial charge on any atom is 0.277 e. The summed E-state index contributed by atoms with van der Waals surface area (Å²) in [4.78, 5) is 15.0. The number of piperidine rings is 1. The van der Waals surface area contributed by atoms with Crippen molar-refractivity contribution >= 4 is 45.0 Å². The molecule has 1 aliphatic heterocycles. The van der Waals surface area contributed by atoms with Crippen LogP contribution in [0, 0.1) is 0 Å². The van der Waals surface area contributed by atoms with Gasteiger partial charge in [0.05, 0.1) is 5.25 Å². The smallest absolute Gasteiger partial charge is 0.277 e. The van der Waals surface area contributed by atoms with Crippen LogP contribution >= 0.6 is 27.7 Å². The second-order valence-corrected chi connectivity index (χ2v) is 9.43. The van der Waals surface area contributed by atoms with Gasteiger partial charge in [0, 0.05) is 34.5 Å². The first-order chi connectivity index (χ1) is 14.6. The molecule has 0 radical (unpaired) electrons. The van der Waals surface area contributed by atoms with Gasteiger partial charge in [-0.1, -0.05) is 27.7 Å². The molecule has 0 saturated carbocycles. The number of nitrogens with zero attached hydrogens (tertiary/aromatic N) is 3. The lowest BCUT2D eigenvalue weighted by Crippen LogP contribution is -2.29. The van der Waals surface area contributed by atoms with Crippen molar-refractivity contribution in [3.05, 3.63) is 53.0 Å². The Bertz CT molecular complexity index is 985. The van der Waals surface area contributed by atoms with Crippen LogP contribution in [0.3, 0.4) is 0 Å². The van der Waals surface area contributed by atoms with Gasteiger partial charge < -0.3 is 14.6 Å². The van der Waals surface area contributed by atoms with Gasteiger partial charge in [0.2, 0.25) is 11.8 Å². The SMILES string of the molecule is CC(Sc1nnc(-c2ccc(Br)cc2)o1)C(=O)Nc1ccc(N2CCCCC2)cc1. The lowest BCUT2D eigenvalue weighted by Gasteiger charge is -2.28. The van der Waals surface area contributed by atoms with Crippen LogP contribution in [0.5, 0.6) is 0 Å². The number of carbonyl (C=O) groups excluding carboxylic acids is 1. The summed E-state index contributed by atoms with van der Waals surface area (Å²) in [6.07, 6.45) is 3.80. The summed E-state index contributed by atoms with van der Waals surface area (Å²) in [6.45, 7) is 4.03. The number of carbonyl (C=O) groups is 1. The number of amides is 1. The number of rotatable bonds is 6. The van der Waals surface area contributed by atoms with E-state index in [1.807, 2.05) is 43.3 Å². The minimum absolute atomic E-state index is 0.103. The Morgan fingerprint density at radius 3 is 2.47 bits per heavy atom. The summed E-state index contributed by atoms with van der Waals surface area (Å²) in [5.74, 6) is 0.333. The summed E-state index contributed by atoms with van der Waals surface area (Å²) in [5, 5.41) is 11.1. The zero-order valence-corrected chi connectivity index (χ0v) is 19.1. The Morgan fingerprint density at radius 2 is 1.77 bits per heavy atom. The molecule has 30 heavy (non-hydrogen) atoms. The fourth-order valence-corrected chi connectivity index (χ4v) is 4.27. The molecule has 0 bridgehead atoms. The molecule has 4 rings (SSSR count). The molecule has 156 valence electrons. The van der Waals surface area contributed by atoms with Gasteiger partial charge >= 0.3 is 0 Å². The highest BCUT2D eigenvalue weighted by Gasteiger charge is 2.19. The van der Waals surface area contributed by atoms with Crippen molar-refractivity contribution in [3.63, 3.8) is 0 Å². The number of hydrogen-bond donors (Lipinski definition) is 1. The van der Waals surface area contributed by atoms with E-state index < -0.39 is 0 Å². The van der Waals surface area contributed by atoms with E-state index in [4.69, 9.17) is 4.42 Å². The fourth-order valence-electron chi connectivity index (χ4n) is 3.32. The highest BCUT2D eigenvalue weighted by Crippen LogP contribution is 2.28. The molecule has 1 fully saturated rings. The summed E-state index contributed by atoms with van der Waals surface area (Å²) in [7, 11) is 0. The van der Waals surface area contributed by atoms with Crippen LogP contribution in [0.15, 0.2) is 62.6 Å². The Kier molecular flexibility index (Phi) is 6.74. The molecule has 0 spiro atoms. The molecule has 1 aromatic heterocycles. The van der Waals surface area contributed by atoms with Gasteiger partial charge in [-0.15, -0.1) is 10.2 Å². The molecule has 1 aliphatic rings. The van der Waals surface area contributed by atoms with E-state index in [9.17, 15) is 4.79 Å². The van der Waals surface area contributed by atoms with E-state index in [1.165, 1.54) is 36.7 Å². The number of halogens is 1. The summed E-state index contributed by atoms with van der Waals surface area (Å²) in [6, 6.07) is 15.7. The first kappa shape index (κ1) is 20.9. The van der Waals surface area contributed by atoms with Gasteiger partial charge in [-0.2, -0.15) is 0 Å². The minimum atomic E-state index is -0.370. The van der Waals surface area contributed by atoms with Crippen molar-refractivity contribution in [2.75, 3.05) is 23.3 Å². The van der Waals surface area contributed by atoms with E-state index >= 15 is 0 Å². The molecule has 0 aliphatic carbocycles. The largest absolute Gasteiger partial charge is 0.411 e. The molecular formula is C22H23BrN4O2S. The van der Waals surface area contributed by atoms with Crippen LogP contribution in [0.4, 0.5) is 11.4 Å². The highest BCUT2D eigenvalue weighted by molar-refractivity contribution is 9.10. The normalized spacial score (nSPS) is 15.1. The summed E-state index contributed by atoms with van der Waals surface area (Å²) in [5.41, 5.74) is 2.83. The first-order valence-corrected chi connectivity index (χ1v) is 11.7. The van der Waals surface area contributed by atoms with Crippen molar-refractivity contribution in [1.82, 2.24) is 10.2 Å². The summed E-state index contributed by atoms with van der Waals surface area (Å²) >= 11 is 4.65. The van der Waals surface area contributed by atoms with E-state index in [-0.39, 0.29) is 11.2 Å². The van der Waals surface area contributed by atoms with Crippen LogP contribution in [0.2, 0.25) is 0 Å². The van der Waals surface area contributed by atoms with Crippen LogP contribution < -0.4 is 10.2 Å². The van der Waals surface area contributed by atoms with Crippen LogP contribution in [-0.4, -0.2) is 34.4 Å². The number of thioether (sulfide) groups is 1. The molecule has 8 heteroatoms. The fraction of sp³-hybridized carbons (Fsp3) is 0.318. The molecule has 2 heterocycles. The Balaban J connectivity index is 1.33. The predicted molar refractivity (Wildman–Crippen MR) is 124 cm³/mol. The standard InChI is InChI=1S/C22H23BrN4O2S/c1-15(30-22-26-25-21(29-22)16-5-7-17(23)8-6-16)20(28)24-18-9-11-19(12-10-18)27-13-3-2-4-14-27/h5-12,15H,2-4,13-14H2,1H3,(H,24,28). The van der Waals surface area contributed by atoms with Gasteiger partial charge in [-0.25, -0.2) is 0 Å². The quantitative estimate of drug-likeness (QED) is 0.456. The number of hydrogen-bond acceptors (Lipinski definition) is 6. The molecule has 3 aromatic rings. The topological polar surface area (TPSA) is 71.3 Å². The molecule has 1 saturated heterocycles. The van der Waals surface area contributed by atoms with Gasteiger partial charge in [0.25, 0.3) is 5.22 Å². The van der Waals surface area contributed by atoms with Crippen LogP contribution in [-0.2, 0) is 4.79 Å². The average Bonchev–Trinajstić information content (AvgIpc) is 3.24. The third kappa shape index (κ3) is 5.23. The Labute approximate surface area is 188 Å². The summed E-state index contributed by atoms with van der Waals surface area (Å²) < 4.78 is 6.68. The van der Waals surface area contributed by atoms with Crippen molar-refractivity contribution in [2.24, 2.45) is 0 Å². The molecule has 6 nitrogen and oxygen atoms in total. The zero-order valence-electron chi connectivity index (χ0n) is 16.7. The van der Waals surface area contributed by atoms with E-state index in [2.05, 4.69) is 48.5 Å². The second-order valence-electron chi connectivity index (χ2n) is 7.22. The second kappa shape index (κ2) is 9.66. The number of benzene rings is 2. The Morgan fingerprint density at radius 1 is 1.07 bits per heavy atom. The van der Waals surface area contributed by atoms with Gasteiger partial charge in [0.15, 0.2) is 0 Å². The van der Waals surface area contributed by atoms with Gasteiger partial charge in [0.1, 0.15) is 0 Å². The Hall–Kier alpha value is -2.32. The number of nitrogens with one attached hydrogen (secondary N) is 1. The maximum absolute atomic E-state index is 12.6. The third-order valence-corrected chi connectivity index (χ3v) is 6.46. The number of anilines is 2. The average molecular weight is 487 g/mol. The monoisotopic (exact) mass is 486 g/mol. The highest BCUT2D eigenvalue weighted by atomic mass is 79.9. The first-order valence-electron chi connectivity index (χ1n) is 10.0. The lowest BCUT2D eigenvalue weighted by molar-refractivity contribution is -0.115. The van der Waals surface area contributed by atoms with Crippen molar-refractivity contribution in [1.29, 1.82) is 0 Å². The lowest BCUT2D eigenvalue weighted by atomic mass is 10.1. The molecule has 1 unspecified atom stereocenters. The van der Waals surface area contributed by atoms with Crippen LogP contribution in [0.25, 0.3) is 11.5 Å². The number of aromatic nitrogens is 2. The molecule has 1 N–H and O–H groups in total. The molecule has 1 amide bonds. The van der Waals surface area contributed by atoms with Crippen molar-refractivity contribution in [2.45, 2.75) is 36.7 Å². The zero-order chi connectivity index (χ0) is 20.9. The molecule has 2 aromatic carbocycles.